The molecule has 112 valence electrons. The van der Waals surface area contributed by atoms with Gasteiger partial charge in [0.05, 0.1) is 12.7 Å². The van der Waals surface area contributed by atoms with Crippen LogP contribution in [-0.4, -0.2) is 43.6 Å². The third-order valence-electron chi connectivity index (χ3n) is 3.89. The van der Waals surface area contributed by atoms with Crippen LogP contribution in [0.15, 0.2) is 12.3 Å². The van der Waals surface area contributed by atoms with Crippen molar-refractivity contribution in [2.45, 2.75) is 38.7 Å². The first-order valence-electron chi connectivity index (χ1n) is 7.29. The van der Waals surface area contributed by atoms with Gasteiger partial charge >= 0.3 is 0 Å². The van der Waals surface area contributed by atoms with Gasteiger partial charge in [-0.05, 0) is 19.8 Å². The van der Waals surface area contributed by atoms with E-state index in [0.717, 1.165) is 36.7 Å². The molecule has 1 fully saturated rings. The Labute approximate surface area is 123 Å². The number of nitrogens with one attached hydrogen (secondary N) is 1. The van der Waals surface area contributed by atoms with Gasteiger partial charge in [0.1, 0.15) is 22.9 Å². The molecule has 0 amide bonds. The third kappa shape index (κ3) is 2.73. The first-order valence-corrected chi connectivity index (χ1v) is 7.29. The quantitative estimate of drug-likeness (QED) is 0.874. The van der Waals surface area contributed by atoms with Gasteiger partial charge in [-0.2, -0.15) is 15.4 Å². The van der Waals surface area contributed by atoms with Crippen LogP contribution in [-0.2, 0) is 12.0 Å². The smallest absolute Gasteiger partial charge is 0.132 e. The minimum atomic E-state index is -0.976. The zero-order valence-corrected chi connectivity index (χ0v) is 12.4. The molecule has 0 aliphatic carbocycles. The summed E-state index contributed by atoms with van der Waals surface area (Å²) in [5, 5.41) is 21.3. The molecule has 1 aliphatic heterocycles. The molecule has 3 heterocycles. The first kappa shape index (κ1) is 13.9. The Hall–Kier alpha value is -2.02. The van der Waals surface area contributed by atoms with Crippen LogP contribution in [0.4, 0.5) is 5.82 Å². The highest BCUT2D eigenvalue weighted by Crippen LogP contribution is 2.31. The van der Waals surface area contributed by atoms with Gasteiger partial charge in [0.15, 0.2) is 0 Å². The summed E-state index contributed by atoms with van der Waals surface area (Å²) in [6.45, 7) is 5.36. The molecule has 3 rings (SSSR count). The number of rotatable bonds is 3. The highest BCUT2D eigenvalue weighted by atomic mass is 16.3. The Morgan fingerprint density at radius 3 is 3.00 bits per heavy atom. The molecule has 1 saturated heterocycles. The molecular formula is C14H20N6O. The third-order valence-corrected chi connectivity index (χ3v) is 3.89. The monoisotopic (exact) mass is 288 g/mol. The zero-order valence-electron chi connectivity index (χ0n) is 12.4. The van der Waals surface area contributed by atoms with Crippen molar-refractivity contribution in [1.82, 2.24) is 25.4 Å². The minimum absolute atomic E-state index is 0.471. The molecule has 7 nitrogen and oxygen atoms in total. The van der Waals surface area contributed by atoms with Crippen molar-refractivity contribution < 1.29 is 5.11 Å². The van der Waals surface area contributed by atoms with Crippen molar-refractivity contribution in [2.24, 2.45) is 0 Å². The molecule has 2 aromatic heterocycles. The van der Waals surface area contributed by atoms with Crippen LogP contribution in [0.2, 0.25) is 0 Å². The number of piperidine rings is 1. The van der Waals surface area contributed by atoms with Crippen LogP contribution in [0, 0.1) is 6.92 Å². The summed E-state index contributed by atoms with van der Waals surface area (Å²) in [5.41, 5.74) is 0.567. The lowest BCUT2D eigenvalue weighted by Crippen LogP contribution is -2.46. The molecule has 0 spiro atoms. The highest BCUT2D eigenvalue weighted by Gasteiger charge is 2.37. The lowest BCUT2D eigenvalue weighted by atomic mass is 9.90. The largest absolute Gasteiger partial charge is 0.382 e. The summed E-state index contributed by atoms with van der Waals surface area (Å²) in [4.78, 5) is 11.1. The van der Waals surface area contributed by atoms with Crippen LogP contribution >= 0.6 is 0 Å². The summed E-state index contributed by atoms with van der Waals surface area (Å²) in [7, 11) is 0. The van der Waals surface area contributed by atoms with E-state index in [1.165, 1.54) is 0 Å². The van der Waals surface area contributed by atoms with Gasteiger partial charge in [0.25, 0.3) is 0 Å². The molecule has 0 aromatic carbocycles. The van der Waals surface area contributed by atoms with E-state index in [9.17, 15) is 5.11 Å². The number of hydrogen-bond donors (Lipinski definition) is 2. The number of anilines is 1. The number of nitrogens with zero attached hydrogens (tertiary/aromatic N) is 5. The lowest BCUT2D eigenvalue weighted by molar-refractivity contribution is 0.0174. The van der Waals surface area contributed by atoms with Gasteiger partial charge in [0.2, 0.25) is 0 Å². The summed E-state index contributed by atoms with van der Waals surface area (Å²) >= 11 is 0. The maximum atomic E-state index is 10.9. The van der Waals surface area contributed by atoms with Crippen LogP contribution < -0.4 is 4.90 Å². The molecular weight excluding hydrogens is 268 g/mol. The van der Waals surface area contributed by atoms with E-state index >= 15 is 0 Å². The summed E-state index contributed by atoms with van der Waals surface area (Å²) in [6, 6.07) is 1.97. The van der Waals surface area contributed by atoms with Crippen LogP contribution in [0.25, 0.3) is 0 Å². The predicted molar refractivity (Wildman–Crippen MR) is 77.9 cm³/mol. The molecule has 21 heavy (non-hydrogen) atoms. The van der Waals surface area contributed by atoms with E-state index in [2.05, 4.69) is 30.3 Å². The van der Waals surface area contributed by atoms with Gasteiger partial charge in [-0.3, -0.25) is 0 Å². The fourth-order valence-electron chi connectivity index (χ4n) is 2.80. The van der Waals surface area contributed by atoms with Gasteiger partial charge in [-0.15, -0.1) is 0 Å². The zero-order chi connectivity index (χ0) is 14.9. The molecule has 1 aliphatic rings. The van der Waals surface area contributed by atoms with Gasteiger partial charge in [-0.1, -0.05) is 6.92 Å². The number of aromatic amines is 1. The van der Waals surface area contributed by atoms with Gasteiger partial charge in [0, 0.05) is 24.7 Å². The van der Waals surface area contributed by atoms with Crippen molar-refractivity contribution in [1.29, 1.82) is 0 Å². The van der Waals surface area contributed by atoms with E-state index < -0.39 is 5.60 Å². The second-order valence-corrected chi connectivity index (χ2v) is 5.55. The fourth-order valence-corrected chi connectivity index (χ4v) is 2.80. The molecule has 2 N–H and O–H groups in total. The number of β-amino-alcohol motifs (C(OH)–C–C–N with tert-alkyl or cyclic N) is 1. The van der Waals surface area contributed by atoms with Crippen molar-refractivity contribution in [3.63, 3.8) is 0 Å². The van der Waals surface area contributed by atoms with Crippen molar-refractivity contribution in [2.75, 3.05) is 18.0 Å². The Balaban J connectivity index is 1.88. The predicted octanol–water partition coefficient (Wildman–Crippen LogP) is 0.954. The van der Waals surface area contributed by atoms with Crippen LogP contribution in [0.5, 0.6) is 0 Å². The first-order chi connectivity index (χ1) is 10.1. The Morgan fingerprint density at radius 2 is 2.29 bits per heavy atom. The van der Waals surface area contributed by atoms with Crippen LogP contribution in [0.3, 0.4) is 0 Å². The minimum Gasteiger partial charge on any atom is -0.382 e. The molecule has 7 heteroatoms. The number of hydrogen-bond acceptors (Lipinski definition) is 6. The Kier molecular flexibility index (Phi) is 3.59. The van der Waals surface area contributed by atoms with Crippen molar-refractivity contribution in [3.05, 3.63) is 29.5 Å². The second kappa shape index (κ2) is 5.40. The lowest BCUT2D eigenvalue weighted by Gasteiger charge is -2.38. The van der Waals surface area contributed by atoms with E-state index in [-0.39, 0.29) is 0 Å². The summed E-state index contributed by atoms with van der Waals surface area (Å²) in [5.74, 6) is 1.71. The standard InChI is InChI=1S/C14H20N6O/c1-3-12-16-10(2)7-13(17-12)20-6-4-5-14(21,9-20)11-8-15-19-18-11/h7-8,21H,3-6,9H2,1-2H3,(H,15,18,19). The SMILES string of the molecule is CCc1nc(C)cc(N2CCCC(O)(c3cn[nH]n3)C2)n1. The van der Waals surface area contributed by atoms with Gasteiger partial charge < -0.3 is 10.0 Å². The number of H-pyrrole nitrogens is 1. The molecule has 1 atom stereocenters. The normalized spacial score (nSPS) is 22.5. The number of aryl methyl sites for hydroxylation is 2. The second-order valence-electron chi connectivity index (χ2n) is 5.55. The summed E-state index contributed by atoms with van der Waals surface area (Å²) in [6.07, 6.45) is 3.96. The molecule has 0 bridgehead atoms. The average molecular weight is 288 g/mol. The summed E-state index contributed by atoms with van der Waals surface area (Å²) < 4.78 is 0. The highest BCUT2D eigenvalue weighted by molar-refractivity contribution is 5.41. The van der Waals surface area contributed by atoms with E-state index in [1.807, 2.05) is 19.9 Å². The molecule has 0 radical (unpaired) electrons. The van der Waals surface area contributed by atoms with Crippen LogP contribution in [0.1, 0.15) is 37.0 Å². The van der Waals surface area contributed by atoms with E-state index in [4.69, 9.17) is 0 Å². The van der Waals surface area contributed by atoms with Crippen molar-refractivity contribution >= 4 is 5.82 Å². The molecule has 1 unspecified atom stereocenters. The maximum Gasteiger partial charge on any atom is 0.132 e. The average Bonchev–Trinajstić information content (AvgIpc) is 3.01. The number of aliphatic hydroxyl groups is 1. The van der Waals surface area contributed by atoms with Crippen molar-refractivity contribution in [3.8, 4) is 0 Å². The maximum absolute atomic E-state index is 10.9. The topological polar surface area (TPSA) is 90.8 Å². The molecule has 2 aromatic rings. The van der Waals surface area contributed by atoms with E-state index in [0.29, 0.717) is 18.7 Å². The fraction of sp³-hybridized carbons (Fsp3) is 0.571. The Morgan fingerprint density at radius 1 is 1.43 bits per heavy atom. The number of aromatic nitrogens is 5. The van der Waals surface area contributed by atoms with E-state index in [1.54, 1.807) is 6.20 Å². The molecule has 0 saturated carbocycles. The Bertz CT molecular complexity index is 614. The van der Waals surface area contributed by atoms with Gasteiger partial charge in [-0.25, -0.2) is 9.97 Å².